The predicted molar refractivity (Wildman–Crippen MR) is 88.2 cm³/mol. The minimum absolute atomic E-state index is 0.188. The molecule has 21 heavy (non-hydrogen) atoms. The Morgan fingerprint density at radius 2 is 2.19 bits per heavy atom. The SMILES string of the molecule is CCCCC1C(CC)CCC2C1CC=C1COS(=O)C12C. The van der Waals surface area contributed by atoms with Crippen molar-refractivity contribution in [3.05, 3.63) is 11.6 Å². The summed E-state index contributed by atoms with van der Waals surface area (Å²) in [4.78, 5) is 0. The van der Waals surface area contributed by atoms with Crippen molar-refractivity contribution in [2.24, 2.45) is 23.7 Å². The standard InChI is InChI=1S/C18H30O2S/c1-4-6-7-15-13(5-2)8-11-17-16(15)10-9-14-12-20-21(19)18(14,17)3/h9,13,15-17H,4-8,10-12H2,1-3H3. The first-order valence-corrected chi connectivity index (χ1v) is 9.95. The first kappa shape index (κ1) is 15.7. The molecular weight excluding hydrogens is 280 g/mol. The number of allylic oxidation sites excluding steroid dienone is 1. The fourth-order valence-corrected chi connectivity index (χ4v) is 6.66. The number of unbranched alkanes of at least 4 members (excludes halogenated alkanes) is 1. The van der Waals surface area contributed by atoms with Gasteiger partial charge in [-0.2, -0.15) is 0 Å². The second-order valence-corrected chi connectivity index (χ2v) is 8.94. The lowest BCUT2D eigenvalue weighted by Crippen LogP contribution is -2.49. The summed E-state index contributed by atoms with van der Waals surface area (Å²) < 4.78 is 17.8. The summed E-state index contributed by atoms with van der Waals surface area (Å²) in [5.41, 5.74) is 1.33. The highest BCUT2D eigenvalue weighted by Gasteiger charge is 2.56. The molecule has 2 fully saturated rings. The van der Waals surface area contributed by atoms with E-state index >= 15 is 0 Å². The average molecular weight is 311 g/mol. The molecule has 1 heterocycles. The monoisotopic (exact) mass is 310 g/mol. The Morgan fingerprint density at radius 3 is 2.90 bits per heavy atom. The third-order valence-corrected chi connectivity index (χ3v) is 8.17. The first-order valence-electron chi connectivity index (χ1n) is 8.87. The summed E-state index contributed by atoms with van der Waals surface area (Å²) in [6, 6.07) is 0. The zero-order valence-electron chi connectivity index (χ0n) is 13.8. The van der Waals surface area contributed by atoms with E-state index in [1.54, 1.807) is 0 Å². The molecule has 2 aliphatic carbocycles. The zero-order chi connectivity index (χ0) is 15.0. The fraction of sp³-hybridized carbons (Fsp3) is 0.889. The number of rotatable bonds is 4. The Bertz CT molecular complexity index is 444. The number of hydrogen-bond acceptors (Lipinski definition) is 2. The van der Waals surface area contributed by atoms with Crippen LogP contribution in [0.3, 0.4) is 0 Å². The molecule has 1 saturated heterocycles. The predicted octanol–water partition coefficient (Wildman–Crippen LogP) is 4.63. The molecular formula is C18H30O2S. The van der Waals surface area contributed by atoms with Crippen LogP contribution in [-0.2, 0) is 15.3 Å². The third-order valence-electron chi connectivity index (χ3n) is 6.59. The molecule has 3 rings (SSSR count). The Morgan fingerprint density at radius 1 is 1.38 bits per heavy atom. The molecule has 6 atom stereocenters. The van der Waals surface area contributed by atoms with E-state index in [2.05, 4.69) is 26.8 Å². The van der Waals surface area contributed by atoms with Gasteiger partial charge in [-0.05, 0) is 61.9 Å². The summed E-state index contributed by atoms with van der Waals surface area (Å²) in [5.74, 6) is 3.02. The number of hydrogen-bond donors (Lipinski definition) is 0. The van der Waals surface area contributed by atoms with Crippen LogP contribution in [0.5, 0.6) is 0 Å². The van der Waals surface area contributed by atoms with E-state index in [4.69, 9.17) is 4.18 Å². The van der Waals surface area contributed by atoms with Crippen molar-refractivity contribution < 1.29 is 8.39 Å². The van der Waals surface area contributed by atoms with Gasteiger partial charge in [0.2, 0.25) is 0 Å². The summed E-state index contributed by atoms with van der Waals surface area (Å²) in [6.45, 7) is 7.46. The van der Waals surface area contributed by atoms with E-state index in [1.807, 2.05) is 0 Å². The molecule has 0 aromatic rings. The zero-order valence-corrected chi connectivity index (χ0v) is 14.6. The highest BCUT2D eigenvalue weighted by molar-refractivity contribution is 7.82. The Labute approximate surface area is 132 Å². The Hall–Kier alpha value is -0.150. The van der Waals surface area contributed by atoms with E-state index in [0.717, 1.165) is 17.8 Å². The second kappa shape index (κ2) is 6.16. The van der Waals surface area contributed by atoms with Crippen LogP contribution in [0.1, 0.15) is 65.7 Å². The minimum atomic E-state index is -1.13. The molecule has 0 radical (unpaired) electrons. The molecule has 0 bridgehead atoms. The van der Waals surface area contributed by atoms with Crippen molar-refractivity contribution in [3.8, 4) is 0 Å². The van der Waals surface area contributed by atoms with Gasteiger partial charge in [-0.15, -0.1) is 0 Å². The van der Waals surface area contributed by atoms with Gasteiger partial charge in [-0.25, -0.2) is 4.21 Å². The maximum atomic E-state index is 12.5. The lowest BCUT2D eigenvalue weighted by atomic mass is 9.57. The van der Waals surface area contributed by atoms with E-state index in [1.165, 1.54) is 50.5 Å². The molecule has 0 spiro atoms. The van der Waals surface area contributed by atoms with Crippen molar-refractivity contribution >= 4 is 11.1 Å². The molecule has 0 aromatic heterocycles. The molecule has 1 aliphatic heterocycles. The van der Waals surface area contributed by atoms with Gasteiger partial charge in [0.05, 0.1) is 11.4 Å². The molecule has 3 aliphatic rings. The molecule has 120 valence electrons. The van der Waals surface area contributed by atoms with Gasteiger partial charge < -0.3 is 0 Å². The normalized spacial score (nSPS) is 45.9. The van der Waals surface area contributed by atoms with Gasteiger partial charge in [0, 0.05) is 0 Å². The average Bonchev–Trinajstić information content (AvgIpc) is 2.80. The fourth-order valence-electron chi connectivity index (χ4n) is 5.28. The largest absolute Gasteiger partial charge is 0.285 e. The van der Waals surface area contributed by atoms with Crippen LogP contribution in [0.4, 0.5) is 0 Å². The Kier molecular flexibility index (Phi) is 4.61. The summed E-state index contributed by atoms with van der Waals surface area (Å²) in [5, 5.41) is 0. The summed E-state index contributed by atoms with van der Waals surface area (Å²) in [6.07, 6.45) is 11.5. The van der Waals surface area contributed by atoms with Gasteiger partial charge in [-0.1, -0.05) is 39.2 Å². The van der Waals surface area contributed by atoms with Crippen molar-refractivity contribution in [2.75, 3.05) is 6.61 Å². The lowest BCUT2D eigenvalue weighted by molar-refractivity contribution is 0.0593. The van der Waals surface area contributed by atoms with Crippen molar-refractivity contribution in [1.29, 1.82) is 0 Å². The van der Waals surface area contributed by atoms with Crippen LogP contribution in [0.2, 0.25) is 0 Å². The Balaban J connectivity index is 1.89. The highest BCUT2D eigenvalue weighted by atomic mass is 32.2. The van der Waals surface area contributed by atoms with Gasteiger partial charge >= 0.3 is 0 Å². The van der Waals surface area contributed by atoms with Crippen LogP contribution in [0.15, 0.2) is 11.6 Å². The maximum absolute atomic E-state index is 12.5. The van der Waals surface area contributed by atoms with Gasteiger partial charge in [-0.3, -0.25) is 4.18 Å². The maximum Gasteiger partial charge on any atom is 0.166 e. The second-order valence-electron chi connectivity index (χ2n) is 7.39. The molecule has 2 nitrogen and oxygen atoms in total. The third kappa shape index (κ3) is 2.45. The smallest absolute Gasteiger partial charge is 0.166 e. The van der Waals surface area contributed by atoms with Crippen LogP contribution in [0, 0.1) is 23.7 Å². The molecule has 3 heteroatoms. The quantitative estimate of drug-likeness (QED) is 0.708. The van der Waals surface area contributed by atoms with Crippen LogP contribution in [0.25, 0.3) is 0 Å². The van der Waals surface area contributed by atoms with Crippen LogP contribution < -0.4 is 0 Å². The first-order chi connectivity index (χ1) is 10.1. The van der Waals surface area contributed by atoms with E-state index in [-0.39, 0.29) is 4.75 Å². The summed E-state index contributed by atoms with van der Waals surface area (Å²) in [7, 11) is 0. The highest BCUT2D eigenvalue weighted by Crippen LogP contribution is 2.56. The molecule has 1 saturated carbocycles. The molecule has 6 unspecified atom stereocenters. The molecule has 0 aromatic carbocycles. The number of fused-ring (bicyclic) bond motifs is 3. The van der Waals surface area contributed by atoms with Crippen LogP contribution in [-0.4, -0.2) is 15.6 Å². The van der Waals surface area contributed by atoms with Crippen molar-refractivity contribution in [3.63, 3.8) is 0 Å². The lowest BCUT2D eigenvalue weighted by Gasteiger charge is -2.50. The van der Waals surface area contributed by atoms with E-state index in [9.17, 15) is 4.21 Å². The minimum Gasteiger partial charge on any atom is -0.285 e. The van der Waals surface area contributed by atoms with Crippen LogP contribution >= 0.6 is 0 Å². The topological polar surface area (TPSA) is 26.3 Å². The van der Waals surface area contributed by atoms with Gasteiger partial charge in [0.25, 0.3) is 0 Å². The van der Waals surface area contributed by atoms with E-state index in [0.29, 0.717) is 12.5 Å². The van der Waals surface area contributed by atoms with Crippen molar-refractivity contribution in [1.82, 2.24) is 0 Å². The van der Waals surface area contributed by atoms with Crippen molar-refractivity contribution in [2.45, 2.75) is 70.5 Å². The van der Waals surface area contributed by atoms with E-state index < -0.39 is 11.1 Å². The van der Waals surface area contributed by atoms with Gasteiger partial charge in [0.15, 0.2) is 11.1 Å². The molecule has 0 amide bonds. The molecule has 0 N–H and O–H groups in total. The summed E-state index contributed by atoms with van der Waals surface area (Å²) >= 11 is -1.13. The van der Waals surface area contributed by atoms with Gasteiger partial charge in [0.1, 0.15) is 0 Å².